The first-order valence-corrected chi connectivity index (χ1v) is 9.80. The maximum atomic E-state index is 12.9. The Morgan fingerprint density at radius 3 is 2.20 bits per heavy atom. The van der Waals surface area contributed by atoms with E-state index >= 15 is 0 Å². The van der Waals surface area contributed by atoms with Crippen LogP contribution >= 0.6 is 0 Å². The average Bonchev–Trinajstić information content (AvgIpc) is 2.82. The summed E-state index contributed by atoms with van der Waals surface area (Å²) in [6.45, 7) is 2.05. The number of nitrogens with zero attached hydrogens (tertiary/aromatic N) is 1. The molecule has 5 nitrogen and oxygen atoms in total. The number of benzene rings is 3. The first-order chi connectivity index (χ1) is 14.7. The predicted octanol–water partition coefficient (Wildman–Crippen LogP) is 4.54. The highest BCUT2D eigenvalue weighted by atomic mass is 16.2. The molecule has 30 heavy (non-hydrogen) atoms. The summed E-state index contributed by atoms with van der Waals surface area (Å²) in [7, 11) is 0. The van der Waals surface area contributed by atoms with Gasteiger partial charge in [-0.3, -0.25) is 20.4 Å². The lowest BCUT2D eigenvalue weighted by atomic mass is 10.0. The van der Waals surface area contributed by atoms with Crippen molar-refractivity contribution in [1.29, 1.82) is 0 Å². The molecule has 1 heterocycles. The molecule has 0 aliphatic heterocycles. The highest BCUT2D eigenvalue weighted by Crippen LogP contribution is 2.24. The molecule has 5 heteroatoms. The summed E-state index contributed by atoms with van der Waals surface area (Å²) in [6, 6.07) is 26.2. The standard InChI is InChI=1S/C25H21N3O2/c1-2-17-12-14-19(15-13-17)24(29)27-28-25(30)21-16-23(18-8-4-3-5-9-18)26-22-11-7-6-10-20(21)22/h3-16H,2H2,1H3,(H,27,29)(H,28,30). The Kier molecular flexibility index (Phi) is 5.52. The van der Waals surface area contributed by atoms with Crippen LogP contribution in [0.4, 0.5) is 0 Å². The van der Waals surface area contributed by atoms with Crippen molar-refractivity contribution >= 4 is 22.7 Å². The minimum atomic E-state index is -0.399. The normalized spacial score (nSPS) is 10.6. The third-order valence-corrected chi connectivity index (χ3v) is 4.94. The number of rotatable bonds is 4. The summed E-state index contributed by atoms with van der Waals surface area (Å²) in [6.07, 6.45) is 0.900. The molecule has 0 fully saturated rings. The number of amides is 2. The maximum absolute atomic E-state index is 12.9. The van der Waals surface area contributed by atoms with E-state index < -0.39 is 5.91 Å². The topological polar surface area (TPSA) is 71.1 Å². The number of hydrogen-bond donors (Lipinski definition) is 2. The average molecular weight is 395 g/mol. The van der Waals surface area contributed by atoms with E-state index in [0.717, 1.165) is 22.9 Å². The minimum absolute atomic E-state index is 0.368. The maximum Gasteiger partial charge on any atom is 0.270 e. The van der Waals surface area contributed by atoms with Gasteiger partial charge in [-0.2, -0.15) is 0 Å². The third-order valence-electron chi connectivity index (χ3n) is 4.94. The zero-order valence-electron chi connectivity index (χ0n) is 16.6. The Morgan fingerprint density at radius 1 is 0.800 bits per heavy atom. The van der Waals surface area contributed by atoms with Gasteiger partial charge < -0.3 is 0 Å². The third kappa shape index (κ3) is 4.05. The second kappa shape index (κ2) is 8.57. The molecule has 0 atom stereocenters. The van der Waals surface area contributed by atoms with Crippen molar-refractivity contribution in [3.63, 3.8) is 0 Å². The van der Waals surface area contributed by atoms with Gasteiger partial charge in [0.2, 0.25) is 0 Å². The first-order valence-electron chi connectivity index (χ1n) is 9.80. The highest BCUT2D eigenvalue weighted by Gasteiger charge is 2.15. The molecule has 4 rings (SSSR count). The number of hydrazine groups is 1. The van der Waals surface area contributed by atoms with Crippen LogP contribution in [-0.4, -0.2) is 16.8 Å². The van der Waals surface area contributed by atoms with Gasteiger partial charge in [0.15, 0.2) is 0 Å². The molecular weight excluding hydrogens is 374 g/mol. The van der Waals surface area contributed by atoms with Gasteiger partial charge in [0, 0.05) is 16.5 Å². The van der Waals surface area contributed by atoms with Gasteiger partial charge in [0.1, 0.15) is 0 Å². The number of hydrogen-bond acceptors (Lipinski definition) is 3. The molecule has 0 radical (unpaired) electrons. The fourth-order valence-electron chi connectivity index (χ4n) is 3.26. The second-order valence-electron chi connectivity index (χ2n) is 6.90. The second-order valence-corrected chi connectivity index (χ2v) is 6.90. The number of carbonyl (C=O) groups excluding carboxylic acids is 2. The molecule has 3 aromatic carbocycles. The fourth-order valence-corrected chi connectivity index (χ4v) is 3.26. The number of aromatic nitrogens is 1. The monoisotopic (exact) mass is 395 g/mol. The van der Waals surface area contributed by atoms with Gasteiger partial charge in [-0.05, 0) is 36.2 Å². The smallest absolute Gasteiger partial charge is 0.267 e. The molecule has 0 bridgehead atoms. The van der Waals surface area contributed by atoms with Crippen LogP contribution in [0.5, 0.6) is 0 Å². The number of para-hydroxylation sites is 1. The van der Waals surface area contributed by atoms with E-state index in [0.29, 0.717) is 22.3 Å². The summed E-state index contributed by atoms with van der Waals surface area (Å²) >= 11 is 0. The molecule has 4 aromatic rings. The summed E-state index contributed by atoms with van der Waals surface area (Å²) < 4.78 is 0. The van der Waals surface area contributed by atoms with Crippen LogP contribution in [0.15, 0.2) is 84.9 Å². The van der Waals surface area contributed by atoms with Crippen molar-refractivity contribution in [2.45, 2.75) is 13.3 Å². The first kappa shape index (κ1) is 19.3. The van der Waals surface area contributed by atoms with E-state index in [1.807, 2.05) is 66.7 Å². The molecule has 0 spiro atoms. The van der Waals surface area contributed by atoms with Crippen LogP contribution in [-0.2, 0) is 6.42 Å². The molecule has 2 amide bonds. The number of fused-ring (bicyclic) bond motifs is 1. The Labute approximate surface area is 174 Å². The van der Waals surface area contributed by atoms with E-state index in [1.54, 1.807) is 18.2 Å². The number of pyridine rings is 1. The number of aryl methyl sites for hydroxylation is 1. The zero-order chi connectivity index (χ0) is 20.9. The SMILES string of the molecule is CCc1ccc(C(=O)NNC(=O)c2cc(-c3ccccc3)nc3ccccc23)cc1. The summed E-state index contributed by atoms with van der Waals surface area (Å²) in [5.74, 6) is -0.767. The molecule has 0 unspecified atom stereocenters. The molecular formula is C25H21N3O2. The summed E-state index contributed by atoms with van der Waals surface area (Å²) in [4.78, 5) is 30.0. The van der Waals surface area contributed by atoms with Crippen molar-refractivity contribution in [1.82, 2.24) is 15.8 Å². The van der Waals surface area contributed by atoms with Crippen molar-refractivity contribution in [3.05, 3.63) is 102 Å². The Hall–Kier alpha value is -3.99. The van der Waals surface area contributed by atoms with Crippen LogP contribution in [0.25, 0.3) is 22.2 Å². The van der Waals surface area contributed by atoms with Crippen LogP contribution < -0.4 is 10.9 Å². The van der Waals surface area contributed by atoms with Crippen molar-refractivity contribution in [3.8, 4) is 11.3 Å². The quantitative estimate of drug-likeness (QED) is 0.499. The highest BCUT2D eigenvalue weighted by molar-refractivity contribution is 6.08. The zero-order valence-corrected chi connectivity index (χ0v) is 16.6. The van der Waals surface area contributed by atoms with E-state index in [1.165, 1.54) is 0 Å². The Balaban J connectivity index is 1.59. The van der Waals surface area contributed by atoms with E-state index in [4.69, 9.17) is 0 Å². The summed E-state index contributed by atoms with van der Waals surface area (Å²) in [5, 5.41) is 0.719. The molecule has 2 N–H and O–H groups in total. The van der Waals surface area contributed by atoms with Crippen LogP contribution in [0.1, 0.15) is 33.2 Å². The van der Waals surface area contributed by atoms with Gasteiger partial charge in [-0.25, -0.2) is 4.98 Å². The predicted molar refractivity (Wildman–Crippen MR) is 118 cm³/mol. The van der Waals surface area contributed by atoms with E-state index in [2.05, 4.69) is 22.8 Å². The largest absolute Gasteiger partial charge is 0.270 e. The minimum Gasteiger partial charge on any atom is -0.267 e. The molecule has 0 saturated heterocycles. The molecule has 0 aliphatic rings. The van der Waals surface area contributed by atoms with E-state index in [9.17, 15) is 9.59 Å². The van der Waals surface area contributed by atoms with Crippen molar-refractivity contribution in [2.75, 3.05) is 0 Å². The van der Waals surface area contributed by atoms with Crippen LogP contribution in [0.2, 0.25) is 0 Å². The lowest BCUT2D eigenvalue weighted by Gasteiger charge is -2.11. The lowest BCUT2D eigenvalue weighted by Crippen LogP contribution is -2.41. The molecule has 0 saturated carbocycles. The molecule has 1 aromatic heterocycles. The van der Waals surface area contributed by atoms with Gasteiger partial charge in [0.25, 0.3) is 11.8 Å². The van der Waals surface area contributed by atoms with E-state index in [-0.39, 0.29) is 5.91 Å². The van der Waals surface area contributed by atoms with Crippen LogP contribution in [0, 0.1) is 0 Å². The molecule has 0 aliphatic carbocycles. The Bertz CT molecular complexity index is 1200. The van der Waals surface area contributed by atoms with Crippen molar-refractivity contribution in [2.24, 2.45) is 0 Å². The molecule has 148 valence electrons. The van der Waals surface area contributed by atoms with Crippen LogP contribution in [0.3, 0.4) is 0 Å². The van der Waals surface area contributed by atoms with Gasteiger partial charge in [-0.1, -0.05) is 67.6 Å². The lowest BCUT2D eigenvalue weighted by molar-refractivity contribution is 0.0847. The number of nitrogens with one attached hydrogen (secondary N) is 2. The summed E-state index contributed by atoms with van der Waals surface area (Å²) in [5.41, 5.74) is 9.43. The number of carbonyl (C=O) groups is 2. The fraction of sp³-hybridized carbons (Fsp3) is 0.0800. The van der Waals surface area contributed by atoms with Gasteiger partial charge >= 0.3 is 0 Å². The Morgan fingerprint density at radius 2 is 1.47 bits per heavy atom. The van der Waals surface area contributed by atoms with Crippen molar-refractivity contribution < 1.29 is 9.59 Å². The van der Waals surface area contributed by atoms with Gasteiger partial charge in [0.05, 0.1) is 16.8 Å². The van der Waals surface area contributed by atoms with Gasteiger partial charge in [-0.15, -0.1) is 0 Å².